The quantitative estimate of drug-likeness (QED) is 0.559. The fraction of sp³-hybridized carbons (Fsp3) is 0.286. The fourth-order valence-electron chi connectivity index (χ4n) is 0.937. The third-order valence-electron chi connectivity index (χ3n) is 1.53. The summed E-state index contributed by atoms with van der Waals surface area (Å²) in [5, 5.41) is -1.05. The van der Waals surface area contributed by atoms with Crippen molar-refractivity contribution in [2.45, 2.75) is 11.4 Å². The van der Waals surface area contributed by atoms with Gasteiger partial charge in [-0.25, -0.2) is 8.42 Å². The van der Waals surface area contributed by atoms with E-state index in [1.807, 2.05) is 0 Å². The highest BCUT2D eigenvalue weighted by molar-refractivity contribution is 14.1. The van der Waals surface area contributed by atoms with E-state index in [0.717, 1.165) is 6.07 Å². The van der Waals surface area contributed by atoms with E-state index in [1.165, 1.54) is 29.7 Å². The molecule has 0 amide bonds. The van der Waals surface area contributed by atoms with E-state index < -0.39 is 26.2 Å². The van der Waals surface area contributed by atoms with Gasteiger partial charge in [0.25, 0.3) is 9.05 Å². The van der Waals surface area contributed by atoms with E-state index in [0.29, 0.717) is 0 Å². The minimum atomic E-state index is -5.06. The largest absolute Gasteiger partial charge is 0.573 e. The normalized spacial score (nSPS) is 12.3. The molecule has 0 fully saturated rings. The zero-order valence-electron chi connectivity index (χ0n) is 8.46. The molecule has 1 heterocycles. The van der Waals surface area contributed by atoms with Crippen LogP contribution < -0.4 is 9.47 Å². The van der Waals surface area contributed by atoms with E-state index >= 15 is 0 Å². The standard InChI is InChI=1S/C7H4ClF3INO4S/c1-16-4-2-3(12)5(17-7(9,10)11)6(13-4)18(8,14)15/h2H,1H3. The van der Waals surface area contributed by atoms with Crippen molar-refractivity contribution in [3.63, 3.8) is 0 Å². The number of nitrogens with zero attached hydrogens (tertiary/aromatic N) is 1. The Kier molecular flexibility index (Phi) is 4.54. The Morgan fingerprint density at radius 3 is 2.39 bits per heavy atom. The predicted molar refractivity (Wildman–Crippen MR) is 63.2 cm³/mol. The average Bonchev–Trinajstić information content (AvgIpc) is 2.17. The summed E-state index contributed by atoms with van der Waals surface area (Å²) in [4.78, 5) is 3.34. The second-order valence-corrected chi connectivity index (χ2v) is 6.41. The van der Waals surface area contributed by atoms with Crippen LogP contribution in [-0.4, -0.2) is 26.9 Å². The van der Waals surface area contributed by atoms with Gasteiger partial charge in [0.2, 0.25) is 10.9 Å². The lowest BCUT2D eigenvalue weighted by atomic mass is 10.4. The minimum absolute atomic E-state index is 0.156. The Morgan fingerprint density at radius 2 is 2.00 bits per heavy atom. The van der Waals surface area contributed by atoms with E-state index in [9.17, 15) is 21.6 Å². The van der Waals surface area contributed by atoms with Crippen molar-refractivity contribution in [2.24, 2.45) is 0 Å². The van der Waals surface area contributed by atoms with Crippen LogP contribution in [0.25, 0.3) is 0 Å². The van der Waals surface area contributed by atoms with Crippen LogP contribution in [0.4, 0.5) is 13.2 Å². The maximum atomic E-state index is 12.1. The maximum Gasteiger partial charge on any atom is 0.573 e. The molecule has 0 aliphatic carbocycles. The van der Waals surface area contributed by atoms with Gasteiger partial charge in [-0.2, -0.15) is 4.98 Å². The van der Waals surface area contributed by atoms with Crippen molar-refractivity contribution in [3.8, 4) is 11.6 Å². The highest BCUT2D eigenvalue weighted by Crippen LogP contribution is 2.36. The average molecular weight is 418 g/mol. The number of alkyl halides is 3. The van der Waals surface area contributed by atoms with Gasteiger partial charge in [-0.05, 0) is 22.6 Å². The molecule has 0 saturated carbocycles. The molecule has 0 aromatic carbocycles. The summed E-state index contributed by atoms with van der Waals surface area (Å²) in [5.74, 6) is -1.19. The first-order chi connectivity index (χ1) is 8.04. The summed E-state index contributed by atoms with van der Waals surface area (Å²) < 4.78 is 66.8. The molecular formula is C7H4ClF3INO4S. The van der Waals surface area contributed by atoms with E-state index in [4.69, 9.17) is 10.7 Å². The first-order valence-corrected chi connectivity index (χ1v) is 7.38. The number of aromatic nitrogens is 1. The van der Waals surface area contributed by atoms with Crippen molar-refractivity contribution < 1.29 is 31.1 Å². The van der Waals surface area contributed by atoms with Gasteiger partial charge in [0.05, 0.1) is 10.7 Å². The number of methoxy groups -OCH3 is 1. The summed E-state index contributed by atoms with van der Waals surface area (Å²) in [7, 11) is 1.66. The first kappa shape index (κ1) is 15.6. The number of rotatable bonds is 3. The zero-order chi connectivity index (χ0) is 14.1. The van der Waals surface area contributed by atoms with Crippen LogP contribution in [0.15, 0.2) is 11.1 Å². The van der Waals surface area contributed by atoms with Crippen molar-refractivity contribution in [3.05, 3.63) is 9.64 Å². The highest BCUT2D eigenvalue weighted by Gasteiger charge is 2.36. The fourth-order valence-corrected chi connectivity index (χ4v) is 2.64. The Hall–Kier alpha value is -0.490. The smallest absolute Gasteiger partial charge is 0.481 e. The molecule has 0 radical (unpaired) electrons. The lowest BCUT2D eigenvalue weighted by molar-refractivity contribution is -0.276. The van der Waals surface area contributed by atoms with Crippen molar-refractivity contribution >= 4 is 42.3 Å². The van der Waals surface area contributed by atoms with Gasteiger partial charge in [0.1, 0.15) is 0 Å². The molecule has 0 spiro atoms. The summed E-state index contributed by atoms with van der Waals surface area (Å²) in [6, 6.07) is 1.08. The van der Waals surface area contributed by atoms with Gasteiger partial charge >= 0.3 is 6.36 Å². The van der Waals surface area contributed by atoms with Crippen molar-refractivity contribution in [1.82, 2.24) is 4.98 Å². The van der Waals surface area contributed by atoms with Crippen LogP contribution in [0.3, 0.4) is 0 Å². The van der Waals surface area contributed by atoms with Crippen LogP contribution in [0, 0.1) is 3.57 Å². The lowest BCUT2D eigenvalue weighted by Gasteiger charge is -2.13. The second-order valence-electron chi connectivity index (χ2n) is 2.77. The summed E-state index contributed by atoms with van der Waals surface area (Å²) in [6.07, 6.45) is -5.06. The van der Waals surface area contributed by atoms with E-state index in [1.54, 1.807) is 0 Å². The molecule has 18 heavy (non-hydrogen) atoms. The molecule has 0 bridgehead atoms. The SMILES string of the molecule is COc1cc(I)c(OC(F)(F)F)c(S(=O)(=O)Cl)n1. The van der Waals surface area contributed by atoms with Crippen LogP contribution in [0.1, 0.15) is 0 Å². The van der Waals surface area contributed by atoms with Gasteiger partial charge in [-0.15, -0.1) is 13.2 Å². The molecule has 0 aliphatic rings. The van der Waals surface area contributed by atoms with Crippen LogP contribution in [-0.2, 0) is 9.05 Å². The first-order valence-electron chi connectivity index (χ1n) is 3.99. The van der Waals surface area contributed by atoms with Crippen LogP contribution >= 0.6 is 33.3 Å². The molecule has 1 aromatic rings. The molecule has 1 aromatic heterocycles. The Labute approximate surface area is 118 Å². The number of ether oxygens (including phenoxy) is 2. The van der Waals surface area contributed by atoms with Crippen molar-refractivity contribution in [2.75, 3.05) is 7.11 Å². The topological polar surface area (TPSA) is 65.5 Å². The number of pyridine rings is 1. The maximum absolute atomic E-state index is 12.1. The van der Waals surface area contributed by atoms with Gasteiger partial charge < -0.3 is 9.47 Å². The summed E-state index contributed by atoms with van der Waals surface area (Å²) in [6.45, 7) is 0. The molecule has 0 N–H and O–H groups in total. The van der Waals surface area contributed by atoms with Gasteiger partial charge in [0.15, 0.2) is 5.75 Å². The zero-order valence-corrected chi connectivity index (χ0v) is 12.2. The molecule has 0 saturated heterocycles. The van der Waals surface area contributed by atoms with Gasteiger partial charge in [-0.3, -0.25) is 0 Å². The molecule has 0 aliphatic heterocycles. The second kappa shape index (κ2) is 5.25. The molecule has 0 atom stereocenters. The Bertz CT molecular complexity index is 563. The van der Waals surface area contributed by atoms with Crippen LogP contribution in [0.5, 0.6) is 11.6 Å². The molecule has 0 unspecified atom stereocenters. The predicted octanol–water partition coefficient (Wildman–Crippen LogP) is 2.52. The lowest BCUT2D eigenvalue weighted by Crippen LogP contribution is -2.20. The monoisotopic (exact) mass is 417 g/mol. The van der Waals surface area contributed by atoms with Crippen molar-refractivity contribution in [1.29, 1.82) is 0 Å². The van der Waals surface area contributed by atoms with Gasteiger partial charge in [0, 0.05) is 16.7 Å². The number of hydrogen-bond acceptors (Lipinski definition) is 5. The molecule has 1 rings (SSSR count). The van der Waals surface area contributed by atoms with E-state index in [2.05, 4.69) is 14.5 Å². The van der Waals surface area contributed by atoms with Gasteiger partial charge in [-0.1, -0.05) is 0 Å². The third kappa shape index (κ3) is 4.02. The minimum Gasteiger partial charge on any atom is -0.481 e. The third-order valence-corrected chi connectivity index (χ3v) is 3.51. The Balaban J connectivity index is 3.49. The number of halogens is 5. The molecule has 5 nitrogen and oxygen atoms in total. The highest BCUT2D eigenvalue weighted by atomic mass is 127. The summed E-state index contributed by atoms with van der Waals surface area (Å²) in [5.41, 5.74) is 0. The number of hydrogen-bond donors (Lipinski definition) is 0. The summed E-state index contributed by atoms with van der Waals surface area (Å²) >= 11 is 1.45. The van der Waals surface area contributed by atoms with E-state index in [-0.39, 0.29) is 9.45 Å². The molecule has 102 valence electrons. The molecular weight excluding hydrogens is 413 g/mol. The molecule has 11 heteroatoms. The van der Waals surface area contributed by atoms with Crippen LogP contribution in [0.2, 0.25) is 0 Å². The Morgan fingerprint density at radius 1 is 1.44 bits per heavy atom.